The molecule has 3 aliphatic heterocycles. The highest BCUT2D eigenvalue weighted by molar-refractivity contribution is 6.49. The van der Waals surface area contributed by atoms with Crippen molar-refractivity contribution in [3.8, 4) is 0 Å². The summed E-state index contributed by atoms with van der Waals surface area (Å²) in [6.45, 7) is 7.17. The smallest absolute Gasteiger partial charge is 0.303 e. The number of carbonyl (C=O) groups excluding carboxylic acids is 1. The van der Waals surface area contributed by atoms with E-state index < -0.39 is 5.97 Å². The Hall–Kier alpha value is -3.29. The van der Waals surface area contributed by atoms with Crippen LogP contribution >= 0.6 is 11.6 Å². The Bertz CT molecular complexity index is 1440. The third-order valence-corrected chi connectivity index (χ3v) is 9.68. The number of halogens is 1. The van der Waals surface area contributed by atoms with Crippen molar-refractivity contribution in [3.63, 3.8) is 0 Å². The molecular weight excluding hydrogens is 548 g/mol. The van der Waals surface area contributed by atoms with E-state index in [1.165, 1.54) is 5.57 Å². The zero-order valence-electron chi connectivity index (χ0n) is 24.4. The minimum absolute atomic E-state index is 0.0771. The highest BCUT2D eigenvalue weighted by Crippen LogP contribution is 2.42. The Morgan fingerprint density at radius 3 is 2.67 bits per heavy atom. The lowest BCUT2D eigenvalue weighted by molar-refractivity contribution is -0.137. The van der Waals surface area contributed by atoms with Crippen LogP contribution in [-0.2, 0) is 9.59 Å². The van der Waals surface area contributed by atoms with Crippen LogP contribution in [0.5, 0.6) is 0 Å². The molecule has 8 heteroatoms. The van der Waals surface area contributed by atoms with Gasteiger partial charge in [0.25, 0.3) is 5.91 Å². The summed E-state index contributed by atoms with van der Waals surface area (Å²) in [5.74, 6) is -0.139. The predicted molar refractivity (Wildman–Crippen MR) is 167 cm³/mol. The van der Waals surface area contributed by atoms with Gasteiger partial charge in [-0.05, 0) is 63.2 Å². The second-order valence-corrected chi connectivity index (χ2v) is 13.0. The first-order valence-corrected chi connectivity index (χ1v) is 15.5. The Kier molecular flexibility index (Phi) is 8.07. The first-order chi connectivity index (χ1) is 20.2. The molecule has 6 rings (SSSR count). The molecule has 3 heterocycles. The number of amides is 1. The van der Waals surface area contributed by atoms with Crippen molar-refractivity contribution in [1.82, 2.24) is 9.80 Å². The Labute approximate surface area is 253 Å². The summed E-state index contributed by atoms with van der Waals surface area (Å²) in [6, 6.07) is 7.52. The molecule has 220 valence electrons. The van der Waals surface area contributed by atoms with E-state index in [1.54, 1.807) is 0 Å². The van der Waals surface area contributed by atoms with Gasteiger partial charge >= 0.3 is 5.97 Å². The van der Waals surface area contributed by atoms with Crippen molar-refractivity contribution < 1.29 is 14.7 Å². The fourth-order valence-electron chi connectivity index (χ4n) is 7.07. The maximum atomic E-state index is 13.9. The topological polar surface area (TPSA) is 85.6 Å². The molecule has 2 saturated heterocycles. The summed E-state index contributed by atoms with van der Waals surface area (Å²) < 4.78 is 0. The standard InChI is InChI=1S/C34H39ClN4O3/c1-22-7-3-4-8-25(22)19-38-21-34(2)18-27(38)20-39(34)33(42)24-13-16-28-30(17-24)36-29(9-5-6-10-31(40)41)32(37-28)23-11-14-26(35)15-12-23/h3-4,8,11-17,22,27-28,30H,5-7,9-10,18-21H2,1-2H3,(H,40,41)/t22?,27-,28?,30?,34-/m0/s1. The zero-order chi connectivity index (χ0) is 29.4. The number of aliphatic imine (C=N–C) groups is 2. The van der Waals surface area contributed by atoms with Gasteiger partial charge in [0, 0.05) is 48.3 Å². The van der Waals surface area contributed by atoms with Gasteiger partial charge in [0.1, 0.15) is 0 Å². The zero-order valence-corrected chi connectivity index (χ0v) is 25.1. The van der Waals surface area contributed by atoms with Gasteiger partial charge in [-0.25, -0.2) is 0 Å². The molecular formula is C34H39ClN4O3. The van der Waals surface area contributed by atoms with E-state index in [1.807, 2.05) is 42.5 Å². The molecule has 3 unspecified atom stereocenters. The summed E-state index contributed by atoms with van der Waals surface area (Å²) >= 11 is 6.13. The van der Waals surface area contributed by atoms with Gasteiger partial charge in [0.05, 0.1) is 29.0 Å². The maximum Gasteiger partial charge on any atom is 0.303 e. The molecule has 2 aliphatic carbocycles. The lowest BCUT2D eigenvalue weighted by atomic mass is 9.91. The van der Waals surface area contributed by atoms with E-state index in [-0.39, 0.29) is 30.0 Å². The van der Waals surface area contributed by atoms with Crippen LogP contribution in [-0.4, -0.2) is 81.5 Å². The Balaban J connectivity index is 1.17. The maximum absolute atomic E-state index is 13.9. The van der Waals surface area contributed by atoms with E-state index in [2.05, 4.69) is 41.9 Å². The molecule has 1 aromatic rings. The third-order valence-electron chi connectivity index (χ3n) is 9.43. The number of benzene rings is 1. The fraction of sp³-hybridized carbons (Fsp3) is 0.471. The van der Waals surface area contributed by atoms with Crippen LogP contribution in [0.3, 0.4) is 0 Å². The number of nitrogens with zero attached hydrogens (tertiary/aromatic N) is 4. The van der Waals surface area contributed by atoms with Crippen LogP contribution in [0.25, 0.3) is 0 Å². The lowest BCUT2D eigenvalue weighted by Crippen LogP contribution is -2.55. The number of carboxylic acids is 1. The molecule has 0 aromatic heterocycles. The Morgan fingerprint density at radius 1 is 1.14 bits per heavy atom. The van der Waals surface area contributed by atoms with Crippen LogP contribution in [0.15, 0.2) is 81.9 Å². The molecule has 1 amide bonds. The van der Waals surface area contributed by atoms with Crippen LogP contribution in [0.1, 0.15) is 57.9 Å². The van der Waals surface area contributed by atoms with Gasteiger partial charge in [0.15, 0.2) is 0 Å². The molecule has 5 atom stereocenters. The van der Waals surface area contributed by atoms with E-state index in [0.717, 1.165) is 49.5 Å². The van der Waals surface area contributed by atoms with Gasteiger partial charge in [0.2, 0.25) is 0 Å². The first kappa shape index (κ1) is 28.8. The van der Waals surface area contributed by atoms with Crippen molar-refractivity contribution in [1.29, 1.82) is 0 Å². The number of aliphatic carboxylic acids is 1. The fourth-order valence-corrected chi connectivity index (χ4v) is 7.20. The SMILES string of the molecule is CC1CC=CC=C1CN1C[C@]2(C)C[C@H]1CN2C(=O)C1=CC2N=C(CCCCC(=O)O)C(c3ccc(Cl)cc3)=NC2C=C1. The molecule has 0 saturated carbocycles. The van der Waals surface area contributed by atoms with Crippen molar-refractivity contribution in [2.75, 3.05) is 19.6 Å². The minimum atomic E-state index is -0.791. The van der Waals surface area contributed by atoms with Crippen LogP contribution in [0.2, 0.25) is 5.02 Å². The molecule has 42 heavy (non-hydrogen) atoms. The molecule has 1 N–H and O–H groups in total. The lowest BCUT2D eigenvalue weighted by Gasteiger charge is -2.41. The summed E-state index contributed by atoms with van der Waals surface area (Å²) in [5.41, 5.74) is 4.61. The molecule has 1 aromatic carbocycles. The first-order valence-electron chi connectivity index (χ1n) is 15.1. The normalized spacial score (nSPS) is 30.0. The van der Waals surface area contributed by atoms with Gasteiger partial charge in [-0.3, -0.25) is 24.5 Å². The van der Waals surface area contributed by atoms with Gasteiger partial charge in [-0.1, -0.05) is 66.6 Å². The second-order valence-electron chi connectivity index (χ2n) is 12.6. The molecule has 2 fully saturated rings. The molecule has 7 nitrogen and oxygen atoms in total. The average Bonchev–Trinajstić information content (AvgIpc) is 3.48. The number of likely N-dealkylation sites (tertiary alicyclic amines) is 2. The van der Waals surface area contributed by atoms with E-state index in [4.69, 9.17) is 26.7 Å². The Morgan fingerprint density at radius 2 is 1.95 bits per heavy atom. The van der Waals surface area contributed by atoms with Crippen molar-refractivity contribution in [2.24, 2.45) is 15.9 Å². The quantitative estimate of drug-likeness (QED) is 0.378. The number of rotatable bonds is 9. The third kappa shape index (κ3) is 5.82. The number of fused-ring (bicyclic) bond motifs is 3. The largest absolute Gasteiger partial charge is 0.481 e. The highest BCUT2D eigenvalue weighted by Gasteiger charge is 2.53. The number of carbonyl (C=O) groups is 2. The van der Waals surface area contributed by atoms with Crippen molar-refractivity contribution in [3.05, 3.63) is 82.5 Å². The van der Waals surface area contributed by atoms with E-state index in [9.17, 15) is 9.59 Å². The number of hydrogen-bond acceptors (Lipinski definition) is 5. The summed E-state index contributed by atoms with van der Waals surface area (Å²) in [6.07, 6.45) is 16.8. The van der Waals surface area contributed by atoms with Crippen LogP contribution in [0.4, 0.5) is 0 Å². The van der Waals surface area contributed by atoms with Crippen molar-refractivity contribution >= 4 is 34.9 Å². The molecule has 0 spiro atoms. The summed E-state index contributed by atoms with van der Waals surface area (Å²) in [7, 11) is 0. The average molecular weight is 587 g/mol. The number of carboxylic acid groups (broad SMARTS) is 1. The van der Waals surface area contributed by atoms with E-state index >= 15 is 0 Å². The molecule has 5 aliphatic rings. The van der Waals surface area contributed by atoms with Gasteiger partial charge in [-0.15, -0.1) is 0 Å². The molecule has 0 radical (unpaired) electrons. The second kappa shape index (κ2) is 11.8. The van der Waals surface area contributed by atoms with E-state index in [0.29, 0.717) is 41.8 Å². The van der Waals surface area contributed by atoms with Gasteiger partial charge in [-0.2, -0.15) is 0 Å². The number of unbranched alkanes of at least 4 members (excludes halogenated alkanes) is 1. The number of piperazine rings is 1. The summed E-state index contributed by atoms with van der Waals surface area (Å²) in [5, 5.41) is 9.72. The van der Waals surface area contributed by atoms with Crippen molar-refractivity contribution in [2.45, 2.75) is 76.0 Å². The minimum Gasteiger partial charge on any atom is -0.481 e. The number of allylic oxidation sites excluding steroid dienone is 3. The van der Waals surface area contributed by atoms with Gasteiger partial charge < -0.3 is 10.0 Å². The number of hydrogen-bond donors (Lipinski definition) is 1. The predicted octanol–water partition coefficient (Wildman–Crippen LogP) is 5.66. The molecule has 2 bridgehead atoms. The summed E-state index contributed by atoms with van der Waals surface area (Å²) in [4.78, 5) is 39.8. The monoisotopic (exact) mass is 586 g/mol. The van der Waals surface area contributed by atoms with Crippen LogP contribution < -0.4 is 0 Å². The van der Waals surface area contributed by atoms with Crippen LogP contribution in [0, 0.1) is 5.92 Å². The highest BCUT2D eigenvalue weighted by atomic mass is 35.5.